The number of aryl methyl sites for hydroxylation is 1. The summed E-state index contributed by atoms with van der Waals surface area (Å²) in [7, 11) is 0. The van der Waals surface area contributed by atoms with Crippen molar-refractivity contribution in [2.75, 3.05) is 19.7 Å². The lowest BCUT2D eigenvalue weighted by Gasteiger charge is -2.28. The molecule has 0 aromatic carbocycles. The fraction of sp³-hybridized carbons (Fsp3) is 0.667. The van der Waals surface area contributed by atoms with E-state index in [-0.39, 0.29) is 12.0 Å². The van der Waals surface area contributed by atoms with E-state index in [4.69, 9.17) is 4.74 Å². The lowest BCUT2D eigenvalue weighted by Crippen LogP contribution is -2.30. The molecule has 3 nitrogen and oxygen atoms in total. The van der Waals surface area contributed by atoms with Gasteiger partial charge in [0.2, 0.25) is 0 Å². The predicted octanol–water partition coefficient (Wildman–Crippen LogP) is 3.65. The summed E-state index contributed by atoms with van der Waals surface area (Å²) in [6.45, 7) is 10.6. The Morgan fingerprint density at radius 3 is 2.42 bits per heavy atom. The summed E-state index contributed by atoms with van der Waals surface area (Å²) in [5.74, 6) is -0.106. The highest BCUT2D eigenvalue weighted by Crippen LogP contribution is 2.31. The summed E-state index contributed by atoms with van der Waals surface area (Å²) in [6.07, 6.45) is 1.49. The second-order valence-electron chi connectivity index (χ2n) is 4.40. The second-order valence-corrected chi connectivity index (χ2v) is 5.60. The fourth-order valence-electron chi connectivity index (χ4n) is 2.22. The number of thiophene rings is 1. The van der Waals surface area contributed by atoms with E-state index in [1.165, 1.54) is 9.75 Å². The maximum Gasteiger partial charge on any atom is 0.307 e. The topological polar surface area (TPSA) is 29.5 Å². The van der Waals surface area contributed by atoms with Gasteiger partial charge in [-0.25, -0.2) is 0 Å². The molecule has 1 atom stereocenters. The molecule has 4 heteroatoms. The largest absolute Gasteiger partial charge is 0.466 e. The van der Waals surface area contributed by atoms with Crippen LogP contribution in [0.1, 0.15) is 49.9 Å². The molecule has 0 aliphatic heterocycles. The Hall–Kier alpha value is -0.870. The van der Waals surface area contributed by atoms with Gasteiger partial charge in [-0.1, -0.05) is 20.8 Å². The molecule has 0 amide bonds. The van der Waals surface area contributed by atoms with Crippen molar-refractivity contribution in [3.05, 3.63) is 21.9 Å². The third-order valence-corrected chi connectivity index (χ3v) is 4.61. The van der Waals surface area contributed by atoms with Crippen molar-refractivity contribution in [3.63, 3.8) is 0 Å². The maximum atomic E-state index is 11.8. The summed E-state index contributed by atoms with van der Waals surface area (Å²) in [4.78, 5) is 16.8. The number of carbonyl (C=O) groups excluding carboxylic acids is 1. The Kier molecular flexibility index (Phi) is 7.10. The minimum absolute atomic E-state index is 0.106. The second kappa shape index (κ2) is 8.33. The van der Waals surface area contributed by atoms with Crippen molar-refractivity contribution in [2.45, 2.75) is 46.6 Å². The molecule has 19 heavy (non-hydrogen) atoms. The number of esters is 1. The monoisotopic (exact) mass is 283 g/mol. The van der Waals surface area contributed by atoms with E-state index in [1.54, 1.807) is 0 Å². The molecule has 0 saturated heterocycles. The Morgan fingerprint density at radius 2 is 1.95 bits per heavy atom. The highest BCUT2D eigenvalue weighted by molar-refractivity contribution is 7.12. The highest BCUT2D eigenvalue weighted by atomic mass is 32.1. The van der Waals surface area contributed by atoms with Gasteiger partial charge in [0.1, 0.15) is 0 Å². The van der Waals surface area contributed by atoms with Crippen LogP contribution in [0.25, 0.3) is 0 Å². The van der Waals surface area contributed by atoms with Crippen molar-refractivity contribution in [3.8, 4) is 0 Å². The van der Waals surface area contributed by atoms with Gasteiger partial charge in [0, 0.05) is 9.75 Å². The van der Waals surface area contributed by atoms with Crippen molar-refractivity contribution >= 4 is 17.3 Å². The summed E-state index contributed by atoms with van der Waals surface area (Å²) < 4.78 is 5.11. The Morgan fingerprint density at radius 1 is 1.26 bits per heavy atom. The molecule has 1 aromatic rings. The lowest BCUT2D eigenvalue weighted by molar-refractivity contribution is -0.144. The van der Waals surface area contributed by atoms with Crippen LogP contribution in [0.5, 0.6) is 0 Å². The molecule has 1 unspecified atom stereocenters. The van der Waals surface area contributed by atoms with E-state index >= 15 is 0 Å². The average molecular weight is 283 g/mol. The molecule has 108 valence electrons. The quantitative estimate of drug-likeness (QED) is 0.682. The first-order chi connectivity index (χ1) is 9.15. The number of carbonyl (C=O) groups is 1. The molecular weight excluding hydrogens is 258 g/mol. The van der Waals surface area contributed by atoms with Crippen molar-refractivity contribution < 1.29 is 9.53 Å². The van der Waals surface area contributed by atoms with Gasteiger partial charge < -0.3 is 4.74 Å². The van der Waals surface area contributed by atoms with Crippen molar-refractivity contribution in [2.24, 2.45) is 0 Å². The van der Waals surface area contributed by atoms with Crippen LogP contribution < -0.4 is 0 Å². The van der Waals surface area contributed by atoms with Crippen molar-refractivity contribution in [1.82, 2.24) is 4.90 Å². The van der Waals surface area contributed by atoms with Crippen LogP contribution in [-0.2, 0) is 16.0 Å². The molecule has 0 bridgehead atoms. The Bertz CT molecular complexity index is 385. The molecule has 0 aliphatic rings. The zero-order valence-electron chi connectivity index (χ0n) is 12.4. The van der Waals surface area contributed by atoms with Gasteiger partial charge in [-0.15, -0.1) is 11.3 Å². The third kappa shape index (κ3) is 4.62. The van der Waals surface area contributed by atoms with Gasteiger partial charge in [-0.2, -0.15) is 0 Å². The molecule has 0 aliphatic carbocycles. The van der Waals surface area contributed by atoms with E-state index in [2.05, 4.69) is 37.8 Å². The standard InChI is InChI=1S/C15H25NO2S/c1-5-12-9-10-14(19-12)13(16(6-2)7-3)11-15(17)18-8-4/h9-10,13H,5-8,11H2,1-4H3. The zero-order valence-corrected chi connectivity index (χ0v) is 13.3. The van der Waals surface area contributed by atoms with Gasteiger partial charge in [0.25, 0.3) is 0 Å². The van der Waals surface area contributed by atoms with Gasteiger partial charge in [-0.05, 0) is 38.6 Å². The average Bonchev–Trinajstić information content (AvgIpc) is 2.87. The minimum Gasteiger partial charge on any atom is -0.466 e. The normalized spacial score (nSPS) is 12.7. The molecular formula is C15H25NO2S. The number of rotatable bonds is 8. The first kappa shape index (κ1) is 16.2. The predicted molar refractivity (Wildman–Crippen MR) is 80.6 cm³/mol. The molecule has 0 spiro atoms. The van der Waals surface area contributed by atoms with Crippen LogP contribution >= 0.6 is 11.3 Å². The summed E-state index contributed by atoms with van der Waals surface area (Å²) in [5, 5.41) is 0. The first-order valence-electron chi connectivity index (χ1n) is 7.14. The van der Waals surface area contributed by atoms with Crippen molar-refractivity contribution in [1.29, 1.82) is 0 Å². The summed E-state index contributed by atoms with van der Waals surface area (Å²) >= 11 is 1.81. The molecule has 1 aromatic heterocycles. The van der Waals surface area contributed by atoms with Crippen LogP contribution in [0.4, 0.5) is 0 Å². The van der Waals surface area contributed by atoms with Crippen LogP contribution in [0.3, 0.4) is 0 Å². The zero-order chi connectivity index (χ0) is 14.3. The molecule has 0 N–H and O–H groups in total. The third-order valence-electron chi connectivity index (χ3n) is 3.28. The Balaban J connectivity index is 2.87. The van der Waals surface area contributed by atoms with Crippen LogP contribution in [0, 0.1) is 0 Å². The van der Waals surface area contributed by atoms with Gasteiger partial charge in [-0.3, -0.25) is 9.69 Å². The lowest BCUT2D eigenvalue weighted by atomic mass is 10.1. The van der Waals surface area contributed by atoms with E-state index < -0.39 is 0 Å². The van der Waals surface area contributed by atoms with E-state index in [1.807, 2.05) is 18.3 Å². The maximum absolute atomic E-state index is 11.8. The highest BCUT2D eigenvalue weighted by Gasteiger charge is 2.23. The first-order valence-corrected chi connectivity index (χ1v) is 7.96. The minimum atomic E-state index is -0.106. The van der Waals surface area contributed by atoms with Gasteiger partial charge in [0.15, 0.2) is 0 Å². The summed E-state index contributed by atoms with van der Waals surface area (Å²) in [5.41, 5.74) is 0. The molecule has 1 heterocycles. The Labute approximate surface area is 120 Å². The van der Waals surface area contributed by atoms with E-state index in [0.29, 0.717) is 13.0 Å². The summed E-state index contributed by atoms with van der Waals surface area (Å²) in [6, 6.07) is 4.48. The number of ether oxygens (including phenoxy) is 1. The van der Waals surface area contributed by atoms with E-state index in [0.717, 1.165) is 19.5 Å². The number of nitrogens with zero attached hydrogens (tertiary/aromatic N) is 1. The van der Waals surface area contributed by atoms with E-state index in [9.17, 15) is 4.79 Å². The smallest absolute Gasteiger partial charge is 0.307 e. The molecule has 0 fully saturated rings. The fourth-order valence-corrected chi connectivity index (χ4v) is 3.30. The van der Waals surface area contributed by atoms with Crippen LogP contribution in [0.2, 0.25) is 0 Å². The van der Waals surface area contributed by atoms with Gasteiger partial charge >= 0.3 is 5.97 Å². The SMILES string of the molecule is CCOC(=O)CC(c1ccc(CC)s1)N(CC)CC. The number of hydrogen-bond donors (Lipinski definition) is 0. The molecule has 0 saturated carbocycles. The molecule has 0 radical (unpaired) electrons. The van der Waals surface area contributed by atoms with Gasteiger partial charge in [0.05, 0.1) is 19.1 Å². The van der Waals surface area contributed by atoms with Crippen LogP contribution in [0.15, 0.2) is 12.1 Å². The van der Waals surface area contributed by atoms with Crippen LogP contribution in [-0.4, -0.2) is 30.6 Å². The number of hydrogen-bond acceptors (Lipinski definition) is 4. The molecule has 1 rings (SSSR count).